The third-order valence-electron chi connectivity index (χ3n) is 2.94. The summed E-state index contributed by atoms with van der Waals surface area (Å²) >= 11 is 1.76. The molecule has 2 aromatic rings. The lowest BCUT2D eigenvalue weighted by molar-refractivity contribution is 0.343. The van der Waals surface area contributed by atoms with Crippen molar-refractivity contribution >= 4 is 21.6 Å². The summed E-state index contributed by atoms with van der Waals surface area (Å²) in [5.41, 5.74) is 2.47. The van der Waals surface area contributed by atoms with Crippen molar-refractivity contribution in [3.63, 3.8) is 0 Å². The van der Waals surface area contributed by atoms with Crippen molar-refractivity contribution in [2.75, 3.05) is 6.61 Å². The van der Waals surface area contributed by atoms with Crippen LogP contribution in [0.25, 0.3) is 10.2 Å². The molecule has 1 aromatic carbocycles. The van der Waals surface area contributed by atoms with Crippen molar-refractivity contribution in [1.29, 1.82) is 0 Å². The number of ether oxygens (including phenoxy) is 1. The van der Waals surface area contributed by atoms with Crippen LogP contribution in [0.2, 0.25) is 0 Å². The Morgan fingerprint density at radius 2 is 2.06 bits per heavy atom. The molecule has 3 rings (SSSR count). The number of hydrogen-bond donors (Lipinski definition) is 0. The van der Waals surface area contributed by atoms with Crippen molar-refractivity contribution in [3.05, 3.63) is 22.7 Å². The number of aromatic nitrogens is 1. The monoisotopic (exact) mass is 263 g/mol. The Kier molecular flexibility index (Phi) is 4.23. The van der Waals surface area contributed by atoms with Crippen molar-refractivity contribution in [2.24, 2.45) is 0 Å². The molecule has 98 valence electrons. The largest absolute Gasteiger partial charge is 0.492 e. The van der Waals surface area contributed by atoms with E-state index in [0.29, 0.717) is 6.61 Å². The van der Waals surface area contributed by atoms with Gasteiger partial charge >= 0.3 is 0 Å². The van der Waals surface area contributed by atoms with E-state index in [1.807, 2.05) is 20.8 Å². The van der Waals surface area contributed by atoms with Crippen LogP contribution >= 0.6 is 11.3 Å². The summed E-state index contributed by atoms with van der Waals surface area (Å²) in [4.78, 5) is 4.55. The van der Waals surface area contributed by atoms with Crippen LogP contribution in [0, 0.1) is 6.92 Å². The first-order chi connectivity index (χ1) is 8.78. The van der Waals surface area contributed by atoms with Gasteiger partial charge in [0.1, 0.15) is 11.3 Å². The molecule has 1 heterocycles. The second kappa shape index (κ2) is 5.70. The quantitative estimate of drug-likeness (QED) is 0.785. The topological polar surface area (TPSA) is 22.1 Å². The lowest BCUT2D eigenvalue weighted by atomic mass is 10.1. The maximum atomic E-state index is 5.70. The highest BCUT2D eigenvalue weighted by molar-refractivity contribution is 7.18. The Morgan fingerprint density at radius 1 is 1.33 bits per heavy atom. The van der Waals surface area contributed by atoms with Crippen LogP contribution < -0.4 is 4.74 Å². The number of nitrogens with zero attached hydrogens (tertiary/aromatic N) is 1. The van der Waals surface area contributed by atoms with Gasteiger partial charge in [-0.1, -0.05) is 13.8 Å². The minimum absolute atomic E-state index is 0.708. The van der Waals surface area contributed by atoms with Crippen LogP contribution in [0.3, 0.4) is 0 Å². The molecule has 1 saturated carbocycles. The van der Waals surface area contributed by atoms with Crippen LogP contribution in [0.4, 0.5) is 0 Å². The molecule has 1 aliphatic carbocycles. The summed E-state index contributed by atoms with van der Waals surface area (Å²) in [6.45, 7) is 8.78. The van der Waals surface area contributed by atoms with Gasteiger partial charge in [0, 0.05) is 0 Å². The van der Waals surface area contributed by atoms with Gasteiger partial charge < -0.3 is 4.74 Å². The third-order valence-corrected chi connectivity index (χ3v) is 3.86. The summed E-state index contributed by atoms with van der Waals surface area (Å²) < 4.78 is 6.96. The summed E-state index contributed by atoms with van der Waals surface area (Å²) in [5, 5.41) is 1.11. The van der Waals surface area contributed by atoms with Gasteiger partial charge in [0.2, 0.25) is 0 Å². The number of hydrogen-bond acceptors (Lipinski definition) is 3. The molecule has 0 N–H and O–H groups in total. The molecule has 0 amide bonds. The van der Waals surface area contributed by atoms with E-state index in [9.17, 15) is 0 Å². The van der Waals surface area contributed by atoms with E-state index < -0.39 is 0 Å². The molecule has 0 unspecified atom stereocenters. The van der Waals surface area contributed by atoms with Crippen LogP contribution in [0.15, 0.2) is 12.1 Å². The van der Waals surface area contributed by atoms with Crippen molar-refractivity contribution in [1.82, 2.24) is 4.98 Å². The van der Waals surface area contributed by atoms with Gasteiger partial charge in [-0.2, -0.15) is 0 Å². The number of benzene rings is 1. The Balaban J connectivity index is 0.000000574. The minimum atomic E-state index is 0.708. The van der Waals surface area contributed by atoms with Crippen LogP contribution in [-0.2, 0) is 0 Å². The lowest BCUT2D eigenvalue weighted by Gasteiger charge is -2.06. The van der Waals surface area contributed by atoms with Crippen LogP contribution in [0.5, 0.6) is 5.75 Å². The summed E-state index contributed by atoms with van der Waals surface area (Å²) in [7, 11) is 0. The molecule has 18 heavy (non-hydrogen) atoms. The number of fused-ring (bicyclic) bond motifs is 1. The first-order valence-corrected chi connectivity index (χ1v) is 7.63. The van der Waals surface area contributed by atoms with Gasteiger partial charge in [0.25, 0.3) is 0 Å². The van der Waals surface area contributed by atoms with Gasteiger partial charge in [0.15, 0.2) is 0 Å². The fraction of sp³-hybridized carbons (Fsp3) is 0.533. The number of aryl methyl sites for hydroxylation is 1. The van der Waals surface area contributed by atoms with Crippen molar-refractivity contribution in [3.8, 4) is 5.75 Å². The highest BCUT2D eigenvalue weighted by atomic mass is 32.1. The van der Waals surface area contributed by atoms with Crippen LogP contribution in [-0.4, -0.2) is 11.6 Å². The maximum Gasteiger partial charge on any atom is 0.146 e. The SMILES string of the molecule is CC.CCOc1cc(C2CC2)cc2sc(C)nc12. The molecule has 0 atom stereocenters. The van der Waals surface area contributed by atoms with Gasteiger partial charge in [0.05, 0.1) is 16.3 Å². The van der Waals surface area contributed by atoms with E-state index in [-0.39, 0.29) is 0 Å². The highest BCUT2D eigenvalue weighted by Crippen LogP contribution is 2.43. The lowest BCUT2D eigenvalue weighted by Crippen LogP contribution is -1.93. The van der Waals surface area contributed by atoms with E-state index in [4.69, 9.17) is 4.74 Å². The molecule has 0 aliphatic heterocycles. The molecule has 1 fully saturated rings. The molecule has 2 nitrogen and oxygen atoms in total. The molecule has 0 spiro atoms. The second-order valence-corrected chi connectivity index (χ2v) is 5.54. The fourth-order valence-electron chi connectivity index (χ4n) is 2.05. The molecule has 0 saturated heterocycles. The fourth-order valence-corrected chi connectivity index (χ4v) is 2.94. The predicted molar refractivity (Wildman–Crippen MR) is 78.8 cm³/mol. The summed E-state index contributed by atoms with van der Waals surface area (Å²) in [5.74, 6) is 1.73. The standard InChI is InChI=1S/C13H15NOS.C2H6/c1-3-15-11-6-10(9-4-5-9)7-12-13(11)14-8(2)16-12;1-2/h6-7,9H,3-5H2,1-2H3;1-2H3. The normalized spacial score (nSPS) is 14.2. The smallest absolute Gasteiger partial charge is 0.146 e. The van der Waals surface area contributed by atoms with E-state index >= 15 is 0 Å². The zero-order valence-corrected chi connectivity index (χ0v) is 12.4. The average molecular weight is 263 g/mol. The Hall–Kier alpha value is -1.09. The van der Waals surface area contributed by atoms with Crippen molar-refractivity contribution in [2.45, 2.75) is 46.5 Å². The molecule has 1 aliphatic rings. The van der Waals surface area contributed by atoms with Gasteiger partial charge in [-0.3, -0.25) is 0 Å². The third kappa shape index (κ3) is 2.66. The Bertz CT molecular complexity index is 529. The van der Waals surface area contributed by atoms with E-state index in [1.54, 1.807) is 11.3 Å². The minimum Gasteiger partial charge on any atom is -0.492 e. The molecular formula is C15H21NOS. The predicted octanol–water partition coefficient (Wildman–Crippen LogP) is 4.91. The summed E-state index contributed by atoms with van der Waals surface area (Å²) in [6, 6.07) is 4.48. The summed E-state index contributed by atoms with van der Waals surface area (Å²) in [6.07, 6.45) is 2.66. The van der Waals surface area contributed by atoms with Gasteiger partial charge in [-0.15, -0.1) is 11.3 Å². The zero-order valence-electron chi connectivity index (χ0n) is 11.6. The zero-order chi connectivity index (χ0) is 13.1. The Labute approximate surface area is 113 Å². The van der Waals surface area contributed by atoms with E-state index in [0.717, 1.165) is 22.2 Å². The average Bonchev–Trinajstić information content (AvgIpc) is 3.14. The number of rotatable bonds is 3. The molecule has 0 radical (unpaired) electrons. The number of thiazole rings is 1. The molecule has 0 bridgehead atoms. The van der Waals surface area contributed by atoms with Gasteiger partial charge in [-0.05, 0) is 50.3 Å². The molecular weight excluding hydrogens is 242 g/mol. The highest BCUT2D eigenvalue weighted by Gasteiger charge is 2.25. The van der Waals surface area contributed by atoms with Crippen LogP contribution in [0.1, 0.15) is 50.1 Å². The van der Waals surface area contributed by atoms with E-state index in [1.165, 1.54) is 23.1 Å². The first kappa shape index (κ1) is 13.3. The molecule has 3 heteroatoms. The van der Waals surface area contributed by atoms with E-state index in [2.05, 4.69) is 24.0 Å². The first-order valence-electron chi connectivity index (χ1n) is 6.82. The maximum absolute atomic E-state index is 5.70. The second-order valence-electron chi connectivity index (χ2n) is 4.31. The van der Waals surface area contributed by atoms with Gasteiger partial charge in [-0.25, -0.2) is 4.98 Å². The van der Waals surface area contributed by atoms with Crippen molar-refractivity contribution < 1.29 is 4.74 Å². The Morgan fingerprint density at radius 3 is 2.67 bits per heavy atom. The molecule has 1 aromatic heterocycles.